The third-order valence-corrected chi connectivity index (χ3v) is 5.70. The molecule has 0 spiro atoms. The van der Waals surface area contributed by atoms with Crippen molar-refractivity contribution in [3.63, 3.8) is 0 Å². The average Bonchev–Trinajstić information content (AvgIpc) is 3.46. The number of pyridine rings is 1. The fourth-order valence-corrected chi connectivity index (χ4v) is 4.06. The lowest BCUT2D eigenvalue weighted by Gasteiger charge is -2.33. The van der Waals surface area contributed by atoms with Crippen LogP contribution in [0.25, 0.3) is 22.4 Å². The fourth-order valence-electron chi connectivity index (χ4n) is 4.06. The predicted molar refractivity (Wildman–Crippen MR) is 111 cm³/mol. The number of para-hydroxylation sites is 2. The maximum absolute atomic E-state index is 13.2. The highest BCUT2D eigenvalue weighted by Gasteiger charge is 2.31. The van der Waals surface area contributed by atoms with Crippen LogP contribution in [0.4, 0.5) is 0 Å². The molecule has 0 radical (unpaired) electrons. The highest BCUT2D eigenvalue weighted by Crippen LogP contribution is 2.29. The summed E-state index contributed by atoms with van der Waals surface area (Å²) in [6.07, 6.45) is 6.98. The van der Waals surface area contributed by atoms with E-state index in [1.54, 1.807) is 18.7 Å². The van der Waals surface area contributed by atoms with Gasteiger partial charge in [-0.25, -0.2) is 4.98 Å². The van der Waals surface area contributed by atoms with Crippen LogP contribution < -0.4 is 0 Å². The molecule has 8 nitrogen and oxygen atoms in total. The minimum atomic E-state index is -0.329. The second-order valence-electron chi connectivity index (χ2n) is 7.64. The molecule has 1 saturated heterocycles. The standard InChI is InChI=1S/C22H22N6O2/c1-15(28-14-24-18-8-2-3-9-19(18)28)22(29)27-11-5-7-17(13-27)21-25-20(26-30-21)16-6-4-10-23-12-16/h2-4,6,8-10,12,14-15,17H,5,7,11,13H2,1H3/t15-,17+/m1/s1. The highest BCUT2D eigenvalue weighted by molar-refractivity contribution is 5.83. The number of piperidine rings is 1. The second kappa shape index (κ2) is 7.70. The number of fused-ring (bicyclic) bond motifs is 1. The molecule has 0 bridgehead atoms. The van der Waals surface area contributed by atoms with Crippen LogP contribution in [0, 0.1) is 0 Å². The lowest BCUT2D eigenvalue weighted by molar-refractivity contribution is -0.135. The van der Waals surface area contributed by atoms with Crippen LogP contribution in [0.1, 0.15) is 37.6 Å². The number of rotatable bonds is 4. The summed E-state index contributed by atoms with van der Waals surface area (Å²) in [6.45, 7) is 3.23. The normalized spacial score (nSPS) is 17.9. The summed E-state index contributed by atoms with van der Waals surface area (Å²) < 4.78 is 7.47. The van der Waals surface area contributed by atoms with Crippen LogP contribution >= 0.6 is 0 Å². The molecular weight excluding hydrogens is 380 g/mol. The minimum Gasteiger partial charge on any atom is -0.340 e. The number of imidazole rings is 1. The Hall–Kier alpha value is -3.55. The van der Waals surface area contributed by atoms with Crippen LogP contribution in [0.2, 0.25) is 0 Å². The molecule has 1 aliphatic heterocycles. The van der Waals surface area contributed by atoms with E-state index in [0.29, 0.717) is 18.3 Å². The Labute approximate surface area is 173 Å². The molecule has 2 atom stereocenters. The minimum absolute atomic E-state index is 0.0346. The molecule has 1 aliphatic rings. The van der Waals surface area contributed by atoms with Crippen LogP contribution in [-0.4, -0.2) is 48.6 Å². The first kappa shape index (κ1) is 18.5. The molecule has 152 valence electrons. The number of nitrogens with zero attached hydrogens (tertiary/aromatic N) is 6. The van der Waals surface area contributed by atoms with Gasteiger partial charge in [0.15, 0.2) is 0 Å². The van der Waals surface area contributed by atoms with Crippen molar-refractivity contribution in [1.29, 1.82) is 0 Å². The predicted octanol–water partition coefficient (Wildman–Crippen LogP) is 3.45. The van der Waals surface area contributed by atoms with Crippen molar-refractivity contribution in [1.82, 2.24) is 29.6 Å². The number of carbonyl (C=O) groups is 1. The molecule has 1 amide bonds. The van der Waals surface area contributed by atoms with Crippen molar-refractivity contribution in [2.45, 2.75) is 31.7 Å². The van der Waals surface area contributed by atoms with Gasteiger partial charge in [0.1, 0.15) is 6.04 Å². The van der Waals surface area contributed by atoms with Gasteiger partial charge < -0.3 is 14.0 Å². The Balaban J connectivity index is 1.33. The molecule has 30 heavy (non-hydrogen) atoms. The Kier molecular flexibility index (Phi) is 4.74. The molecule has 0 unspecified atom stereocenters. The van der Waals surface area contributed by atoms with Gasteiger partial charge in [-0.2, -0.15) is 4.98 Å². The summed E-state index contributed by atoms with van der Waals surface area (Å²) in [5, 5.41) is 4.10. The first-order valence-electron chi connectivity index (χ1n) is 10.1. The number of amides is 1. The van der Waals surface area contributed by atoms with Crippen molar-refractivity contribution >= 4 is 16.9 Å². The van der Waals surface area contributed by atoms with E-state index in [1.165, 1.54) is 0 Å². The maximum Gasteiger partial charge on any atom is 0.245 e. The summed E-state index contributed by atoms with van der Waals surface area (Å²) in [7, 11) is 0. The van der Waals surface area contributed by atoms with Gasteiger partial charge >= 0.3 is 0 Å². The molecular formula is C22H22N6O2. The third-order valence-electron chi connectivity index (χ3n) is 5.70. The van der Waals surface area contributed by atoms with Gasteiger partial charge in [0, 0.05) is 31.0 Å². The number of carbonyl (C=O) groups excluding carboxylic acids is 1. The molecule has 4 aromatic rings. The zero-order valence-corrected chi connectivity index (χ0v) is 16.7. The lowest BCUT2D eigenvalue weighted by atomic mass is 9.97. The zero-order chi connectivity index (χ0) is 20.5. The van der Waals surface area contributed by atoms with Gasteiger partial charge in [-0.3, -0.25) is 9.78 Å². The Morgan fingerprint density at radius 3 is 3.00 bits per heavy atom. The van der Waals surface area contributed by atoms with E-state index in [9.17, 15) is 4.79 Å². The van der Waals surface area contributed by atoms with Gasteiger partial charge in [-0.15, -0.1) is 0 Å². The molecule has 3 aromatic heterocycles. The first-order valence-corrected chi connectivity index (χ1v) is 10.1. The van der Waals surface area contributed by atoms with Crippen molar-refractivity contribution in [3.05, 3.63) is 61.0 Å². The molecule has 0 N–H and O–H groups in total. The van der Waals surface area contributed by atoms with E-state index < -0.39 is 0 Å². The molecule has 8 heteroatoms. The fraction of sp³-hybridized carbons (Fsp3) is 0.318. The number of hydrogen-bond donors (Lipinski definition) is 0. The van der Waals surface area contributed by atoms with E-state index in [-0.39, 0.29) is 17.9 Å². The van der Waals surface area contributed by atoms with Gasteiger partial charge in [-0.1, -0.05) is 17.3 Å². The second-order valence-corrected chi connectivity index (χ2v) is 7.64. The van der Waals surface area contributed by atoms with Crippen LogP contribution in [-0.2, 0) is 4.79 Å². The number of aromatic nitrogens is 5. The summed E-state index contributed by atoms with van der Waals surface area (Å²) in [5.74, 6) is 1.22. The SMILES string of the molecule is C[C@H](C(=O)N1CCC[C@H](c2nc(-c3cccnc3)no2)C1)n1cnc2ccccc21. The Bertz CT molecular complexity index is 1170. The Morgan fingerprint density at radius 1 is 1.23 bits per heavy atom. The zero-order valence-electron chi connectivity index (χ0n) is 16.7. The summed E-state index contributed by atoms with van der Waals surface area (Å²) in [4.78, 5) is 28.2. The molecule has 4 heterocycles. The van der Waals surface area contributed by atoms with Crippen molar-refractivity contribution in [3.8, 4) is 11.4 Å². The van der Waals surface area contributed by atoms with Crippen molar-refractivity contribution in [2.24, 2.45) is 0 Å². The topological polar surface area (TPSA) is 89.9 Å². The van der Waals surface area contributed by atoms with Gasteiger partial charge in [0.2, 0.25) is 17.6 Å². The molecule has 0 aliphatic carbocycles. The number of hydrogen-bond acceptors (Lipinski definition) is 6. The average molecular weight is 402 g/mol. The van der Waals surface area contributed by atoms with E-state index in [2.05, 4.69) is 20.1 Å². The molecule has 5 rings (SSSR count). The number of likely N-dealkylation sites (tertiary alicyclic amines) is 1. The van der Waals surface area contributed by atoms with Crippen molar-refractivity contribution in [2.75, 3.05) is 13.1 Å². The summed E-state index contributed by atoms with van der Waals surface area (Å²) in [6, 6.07) is 11.3. The molecule has 1 aromatic carbocycles. The van der Waals surface area contributed by atoms with E-state index in [1.807, 2.05) is 52.8 Å². The monoisotopic (exact) mass is 402 g/mol. The smallest absolute Gasteiger partial charge is 0.245 e. The quantitative estimate of drug-likeness (QED) is 0.519. The van der Waals surface area contributed by atoms with E-state index in [0.717, 1.165) is 36.0 Å². The van der Waals surface area contributed by atoms with Gasteiger partial charge in [0.25, 0.3) is 0 Å². The first-order chi connectivity index (χ1) is 14.7. The van der Waals surface area contributed by atoms with Crippen LogP contribution in [0.3, 0.4) is 0 Å². The summed E-state index contributed by atoms with van der Waals surface area (Å²) in [5.41, 5.74) is 2.67. The number of benzene rings is 1. The molecule has 0 saturated carbocycles. The van der Waals surface area contributed by atoms with Gasteiger partial charge in [-0.05, 0) is 44.0 Å². The third kappa shape index (κ3) is 3.34. The Morgan fingerprint density at radius 2 is 2.13 bits per heavy atom. The largest absolute Gasteiger partial charge is 0.340 e. The van der Waals surface area contributed by atoms with Crippen LogP contribution in [0.15, 0.2) is 59.6 Å². The van der Waals surface area contributed by atoms with E-state index in [4.69, 9.17) is 4.52 Å². The van der Waals surface area contributed by atoms with Crippen LogP contribution in [0.5, 0.6) is 0 Å². The molecule has 1 fully saturated rings. The van der Waals surface area contributed by atoms with Gasteiger partial charge in [0.05, 0.1) is 23.3 Å². The maximum atomic E-state index is 13.2. The summed E-state index contributed by atoms with van der Waals surface area (Å²) >= 11 is 0. The lowest BCUT2D eigenvalue weighted by Crippen LogP contribution is -2.42. The van der Waals surface area contributed by atoms with E-state index >= 15 is 0 Å². The highest BCUT2D eigenvalue weighted by atomic mass is 16.5. The van der Waals surface area contributed by atoms with Crippen molar-refractivity contribution < 1.29 is 9.32 Å².